The summed E-state index contributed by atoms with van der Waals surface area (Å²) in [5, 5.41) is 2.60. The molecule has 1 amide bonds. The molecule has 0 spiro atoms. The summed E-state index contributed by atoms with van der Waals surface area (Å²) in [7, 11) is 0. The van der Waals surface area contributed by atoms with Crippen LogP contribution < -0.4 is 10.2 Å². The molecule has 28 heavy (non-hydrogen) atoms. The third kappa shape index (κ3) is 6.26. The van der Waals surface area contributed by atoms with Crippen molar-refractivity contribution in [1.82, 2.24) is 4.90 Å². The van der Waals surface area contributed by atoms with Gasteiger partial charge in [0, 0.05) is 38.4 Å². The minimum absolute atomic E-state index is 0.0141. The van der Waals surface area contributed by atoms with Gasteiger partial charge in [0.1, 0.15) is 0 Å². The Labute approximate surface area is 161 Å². The Morgan fingerprint density at radius 2 is 1.93 bits per heavy atom. The second-order valence-electron chi connectivity index (χ2n) is 6.34. The average molecular weight is 399 g/mol. The van der Waals surface area contributed by atoms with E-state index in [2.05, 4.69) is 11.9 Å². The summed E-state index contributed by atoms with van der Waals surface area (Å²) < 4.78 is 42.1. The predicted molar refractivity (Wildman–Crippen MR) is 101 cm³/mol. The molecule has 1 aliphatic rings. The first kappa shape index (κ1) is 21.7. The molecule has 0 atom stereocenters. The third-order valence-electron chi connectivity index (χ3n) is 4.39. The summed E-state index contributed by atoms with van der Waals surface area (Å²) in [6.45, 7) is 7.38. The normalized spacial score (nSPS) is 15.2. The minimum atomic E-state index is -4.15. The van der Waals surface area contributed by atoms with Crippen molar-refractivity contribution >= 4 is 23.3 Å². The van der Waals surface area contributed by atoms with Crippen molar-refractivity contribution in [2.75, 3.05) is 49.5 Å². The SMILES string of the molecule is C=CC(=O)Nc1cc(N2CCN(CCC(F)(F)F)CC2)ccc1C(=O)OCC. The number of amides is 1. The van der Waals surface area contributed by atoms with Crippen LogP contribution in [0.5, 0.6) is 0 Å². The lowest BCUT2D eigenvalue weighted by atomic mass is 10.1. The van der Waals surface area contributed by atoms with Gasteiger partial charge in [-0.3, -0.25) is 9.69 Å². The first-order chi connectivity index (χ1) is 13.2. The van der Waals surface area contributed by atoms with Gasteiger partial charge in [-0.1, -0.05) is 6.58 Å². The second kappa shape index (κ2) is 9.59. The van der Waals surface area contributed by atoms with E-state index in [1.54, 1.807) is 30.0 Å². The standard InChI is InChI=1S/C19H24F3N3O3/c1-3-17(26)23-16-13-14(5-6-15(16)18(27)28-4-2)25-11-9-24(10-12-25)8-7-19(20,21)22/h3,5-6,13H,1,4,7-12H2,2H3,(H,23,26). The summed E-state index contributed by atoms with van der Waals surface area (Å²) in [5.74, 6) is -1.01. The van der Waals surface area contributed by atoms with E-state index in [0.717, 1.165) is 11.8 Å². The van der Waals surface area contributed by atoms with E-state index in [1.165, 1.54) is 0 Å². The van der Waals surface area contributed by atoms with Crippen LogP contribution >= 0.6 is 0 Å². The van der Waals surface area contributed by atoms with Crippen LogP contribution in [0.4, 0.5) is 24.5 Å². The van der Waals surface area contributed by atoms with Gasteiger partial charge in [-0.2, -0.15) is 13.2 Å². The number of carbonyl (C=O) groups excluding carboxylic acids is 2. The lowest BCUT2D eigenvalue weighted by molar-refractivity contribution is -0.138. The van der Waals surface area contributed by atoms with E-state index in [0.29, 0.717) is 31.9 Å². The van der Waals surface area contributed by atoms with Gasteiger partial charge in [0.15, 0.2) is 0 Å². The molecule has 1 aromatic rings. The van der Waals surface area contributed by atoms with Crippen LogP contribution in [-0.4, -0.2) is 62.3 Å². The number of piperazine rings is 1. The van der Waals surface area contributed by atoms with E-state index in [4.69, 9.17) is 4.74 Å². The Kier molecular flexibility index (Phi) is 7.45. The van der Waals surface area contributed by atoms with Crippen molar-refractivity contribution in [3.8, 4) is 0 Å². The van der Waals surface area contributed by atoms with Gasteiger partial charge in [-0.25, -0.2) is 4.79 Å². The number of halogens is 3. The van der Waals surface area contributed by atoms with Crippen molar-refractivity contribution in [1.29, 1.82) is 0 Å². The molecule has 1 saturated heterocycles. The van der Waals surface area contributed by atoms with E-state index < -0.39 is 24.5 Å². The number of nitrogens with zero attached hydrogens (tertiary/aromatic N) is 2. The maximum atomic E-state index is 12.4. The fourth-order valence-corrected chi connectivity index (χ4v) is 2.92. The predicted octanol–water partition coefficient (Wildman–Crippen LogP) is 3.06. The Morgan fingerprint density at radius 3 is 2.50 bits per heavy atom. The summed E-state index contributed by atoms with van der Waals surface area (Å²) in [6, 6.07) is 4.97. The van der Waals surface area contributed by atoms with Gasteiger partial charge in [-0.05, 0) is 31.2 Å². The average Bonchev–Trinajstić information content (AvgIpc) is 2.66. The van der Waals surface area contributed by atoms with Gasteiger partial charge in [0.2, 0.25) is 5.91 Å². The number of ether oxygens (including phenoxy) is 1. The van der Waals surface area contributed by atoms with Crippen LogP contribution in [0.2, 0.25) is 0 Å². The molecule has 0 aliphatic carbocycles. The molecule has 0 unspecified atom stereocenters. The summed E-state index contributed by atoms with van der Waals surface area (Å²) >= 11 is 0. The van der Waals surface area contributed by atoms with E-state index in [9.17, 15) is 22.8 Å². The van der Waals surface area contributed by atoms with Crippen LogP contribution in [0.1, 0.15) is 23.7 Å². The number of hydrogen-bond acceptors (Lipinski definition) is 5. The van der Waals surface area contributed by atoms with Crippen LogP contribution in [-0.2, 0) is 9.53 Å². The minimum Gasteiger partial charge on any atom is -0.462 e. The van der Waals surface area contributed by atoms with E-state index in [1.807, 2.05) is 4.90 Å². The molecular formula is C19H24F3N3O3. The first-order valence-corrected chi connectivity index (χ1v) is 9.02. The van der Waals surface area contributed by atoms with E-state index in [-0.39, 0.29) is 18.7 Å². The Balaban J connectivity index is 2.09. The highest BCUT2D eigenvalue weighted by Crippen LogP contribution is 2.26. The molecule has 1 aliphatic heterocycles. The van der Waals surface area contributed by atoms with Gasteiger partial charge < -0.3 is 15.0 Å². The van der Waals surface area contributed by atoms with Crippen molar-refractivity contribution in [3.05, 3.63) is 36.4 Å². The summed E-state index contributed by atoms with van der Waals surface area (Å²) in [6.07, 6.45) is -3.88. The molecule has 9 heteroatoms. The number of carbonyl (C=O) groups is 2. The monoisotopic (exact) mass is 399 g/mol. The smallest absolute Gasteiger partial charge is 0.390 e. The van der Waals surface area contributed by atoms with Crippen molar-refractivity contribution < 1.29 is 27.5 Å². The summed E-state index contributed by atoms with van der Waals surface area (Å²) in [5.41, 5.74) is 1.30. The molecular weight excluding hydrogens is 375 g/mol. The lowest BCUT2D eigenvalue weighted by Crippen LogP contribution is -2.47. The zero-order chi connectivity index (χ0) is 20.7. The fraction of sp³-hybridized carbons (Fsp3) is 0.474. The van der Waals surface area contributed by atoms with Crippen molar-refractivity contribution in [2.24, 2.45) is 0 Å². The molecule has 1 fully saturated rings. The molecule has 154 valence electrons. The van der Waals surface area contributed by atoms with Crippen LogP contribution in [0.25, 0.3) is 0 Å². The van der Waals surface area contributed by atoms with Crippen LogP contribution in [0, 0.1) is 0 Å². The molecule has 2 rings (SSSR count). The summed E-state index contributed by atoms with van der Waals surface area (Å²) in [4.78, 5) is 27.6. The molecule has 1 heterocycles. The van der Waals surface area contributed by atoms with Crippen LogP contribution in [0.3, 0.4) is 0 Å². The third-order valence-corrected chi connectivity index (χ3v) is 4.39. The first-order valence-electron chi connectivity index (χ1n) is 9.02. The number of alkyl halides is 3. The quantitative estimate of drug-likeness (QED) is 0.564. The van der Waals surface area contributed by atoms with Gasteiger partial charge in [0.05, 0.1) is 24.3 Å². The molecule has 1 N–H and O–H groups in total. The number of rotatable bonds is 7. The maximum Gasteiger partial charge on any atom is 0.390 e. The molecule has 6 nitrogen and oxygen atoms in total. The Bertz CT molecular complexity index is 714. The van der Waals surface area contributed by atoms with Gasteiger partial charge in [0.25, 0.3) is 0 Å². The number of nitrogens with one attached hydrogen (secondary N) is 1. The number of anilines is 2. The highest BCUT2D eigenvalue weighted by atomic mass is 19.4. The number of esters is 1. The van der Waals surface area contributed by atoms with Crippen molar-refractivity contribution in [2.45, 2.75) is 19.5 Å². The van der Waals surface area contributed by atoms with Crippen molar-refractivity contribution in [3.63, 3.8) is 0 Å². The maximum absolute atomic E-state index is 12.4. The van der Waals surface area contributed by atoms with E-state index >= 15 is 0 Å². The molecule has 1 aromatic carbocycles. The highest BCUT2D eigenvalue weighted by Gasteiger charge is 2.29. The molecule has 0 aromatic heterocycles. The fourth-order valence-electron chi connectivity index (χ4n) is 2.92. The molecule has 0 saturated carbocycles. The van der Waals surface area contributed by atoms with Gasteiger partial charge >= 0.3 is 12.1 Å². The van der Waals surface area contributed by atoms with Gasteiger partial charge in [-0.15, -0.1) is 0 Å². The molecule has 0 bridgehead atoms. The highest BCUT2D eigenvalue weighted by molar-refractivity contribution is 6.05. The largest absolute Gasteiger partial charge is 0.462 e. The Hall–Kier alpha value is -2.55. The zero-order valence-electron chi connectivity index (χ0n) is 15.7. The van der Waals surface area contributed by atoms with Crippen LogP contribution in [0.15, 0.2) is 30.9 Å². The number of hydrogen-bond donors (Lipinski definition) is 1. The second-order valence-corrected chi connectivity index (χ2v) is 6.34. The number of benzene rings is 1. The zero-order valence-corrected chi connectivity index (χ0v) is 15.7. The lowest BCUT2D eigenvalue weighted by Gasteiger charge is -2.36. The molecule has 0 radical (unpaired) electrons. The Morgan fingerprint density at radius 1 is 1.25 bits per heavy atom. The topological polar surface area (TPSA) is 61.9 Å².